The van der Waals surface area contributed by atoms with E-state index < -0.39 is 0 Å². The van der Waals surface area contributed by atoms with E-state index in [4.69, 9.17) is 0 Å². The van der Waals surface area contributed by atoms with Gasteiger partial charge in [-0.25, -0.2) is 0 Å². The molecule has 0 unspecified atom stereocenters. The van der Waals surface area contributed by atoms with Gasteiger partial charge in [0.15, 0.2) is 0 Å². The number of amides is 2. The van der Waals surface area contributed by atoms with Crippen LogP contribution in [0.5, 0.6) is 0 Å². The van der Waals surface area contributed by atoms with Gasteiger partial charge in [-0.05, 0) is 32.1 Å². The van der Waals surface area contributed by atoms with E-state index in [0.717, 1.165) is 19.5 Å². The predicted octanol–water partition coefficient (Wildman–Crippen LogP) is 6.66. The van der Waals surface area contributed by atoms with E-state index in [0.29, 0.717) is 23.6 Å². The highest BCUT2D eigenvalue weighted by molar-refractivity contribution is 8.82. The zero-order valence-corrected chi connectivity index (χ0v) is 19.4. The average Bonchev–Trinajstić information content (AvgIpc) is 2.98. The van der Waals surface area contributed by atoms with Crippen molar-refractivity contribution in [2.75, 3.05) is 26.2 Å². The van der Waals surface area contributed by atoms with Crippen molar-refractivity contribution < 1.29 is 9.59 Å². The van der Waals surface area contributed by atoms with Gasteiger partial charge in [-0.15, -0.1) is 0 Å². The lowest BCUT2D eigenvalue weighted by Gasteiger charge is -2.24. The highest BCUT2D eigenvalue weighted by Crippen LogP contribution is 2.38. The van der Waals surface area contributed by atoms with Crippen LogP contribution in [0, 0.1) is 0 Å². The summed E-state index contributed by atoms with van der Waals surface area (Å²) in [6, 6.07) is 0. The maximum absolute atomic E-state index is 12.6. The third kappa shape index (κ3) is 7.59. The van der Waals surface area contributed by atoms with Crippen LogP contribution in [0.15, 0.2) is 0 Å². The van der Waals surface area contributed by atoms with E-state index >= 15 is 0 Å². The molecular formula is C19H32N2O2S4. The summed E-state index contributed by atoms with van der Waals surface area (Å²) in [7, 11) is 6.41. The van der Waals surface area contributed by atoms with Crippen LogP contribution in [0.4, 0.5) is 9.59 Å². The van der Waals surface area contributed by atoms with Gasteiger partial charge in [-0.3, -0.25) is 9.59 Å². The third-order valence-corrected chi connectivity index (χ3v) is 11.2. The Kier molecular flexibility index (Phi) is 9.90. The molecule has 4 nitrogen and oxygen atoms in total. The number of carbonyl (C=O) groups is 2. The largest absolute Gasteiger partial charge is 0.331 e. The van der Waals surface area contributed by atoms with Crippen molar-refractivity contribution in [1.82, 2.24) is 9.80 Å². The zero-order chi connectivity index (χ0) is 18.9. The fraction of sp³-hybridized carbons (Fsp3) is 0.895. The third-order valence-electron chi connectivity index (χ3n) is 5.63. The van der Waals surface area contributed by atoms with Crippen LogP contribution in [0.25, 0.3) is 0 Å². The summed E-state index contributed by atoms with van der Waals surface area (Å²) in [4.78, 5) is 29.0. The van der Waals surface area contributed by atoms with Crippen molar-refractivity contribution in [2.45, 2.75) is 81.1 Å². The molecule has 2 saturated carbocycles. The Balaban J connectivity index is 1.35. The molecule has 0 spiro atoms. The molecule has 0 atom stereocenters. The first kappa shape index (κ1) is 22.0. The molecular weight excluding hydrogens is 416 g/mol. The molecule has 3 fully saturated rings. The number of hydrogen-bond acceptors (Lipinski definition) is 6. The van der Waals surface area contributed by atoms with Gasteiger partial charge in [-0.2, -0.15) is 0 Å². The van der Waals surface area contributed by atoms with Crippen LogP contribution >= 0.6 is 43.2 Å². The number of hydrogen-bond donors (Lipinski definition) is 0. The topological polar surface area (TPSA) is 40.6 Å². The fourth-order valence-corrected chi connectivity index (χ4v) is 9.09. The Morgan fingerprint density at radius 1 is 0.556 bits per heavy atom. The molecule has 0 radical (unpaired) electrons. The molecule has 0 aromatic carbocycles. The standard InChI is InChI=1S/C19H32N2O2S4/c22-18(26-24-16-8-3-1-4-9-16)20-12-7-13-21(15-14-20)19(23)27-25-17-10-5-2-6-11-17/h16-17H,1-15H2. The monoisotopic (exact) mass is 448 g/mol. The zero-order valence-electron chi connectivity index (χ0n) is 16.1. The molecule has 0 aromatic heterocycles. The molecule has 3 aliphatic rings. The van der Waals surface area contributed by atoms with E-state index in [1.54, 1.807) is 21.6 Å². The SMILES string of the molecule is O=C(SSC1CCCCC1)N1CCCN(C(=O)SSC2CCCCC2)CC1. The lowest BCUT2D eigenvalue weighted by Crippen LogP contribution is -2.34. The quantitative estimate of drug-likeness (QED) is 0.448. The van der Waals surface area contributed by atoms with Gasteiger partial charge in [0.2, 0.25) is 0 Å². The Morgan fingerprint density at radius 3 is 1.37 bits per heavy atom. The molecule has 8 heteroatoms. The van der Waals surface area contributed by atoms with Crippen LogP contribution in [0.2, 0.25) is 0 Å². The van der Waals surface area contributed by atoms with Gasteiger partial charge < -0.3 is 9.80 Å². The van der Waals surface area contributed by atoms with E-state index in [1.165, 1.54) is 85.8 Å². The maximum atomic E-state index is 12.6. The molecule has 154 valence electrons. The van der Waals surface area contributed by atoms with Crippen molar-refractivity contribution >= 4 is 53.7 Å². The summed E-state index contributed by atoms with van der Waals surface area (Å²) in [5.41, 5.74) is 0. The first-order valence-corrected chi connectivity index (χ1v) is 14.9. The summed E-state index contributed by atoms with van der Waals surface area (Å²) in [5, 5.41) is 1.66. The maximum Gasteiger partial charge on any atom is 0.292 e. The molecule has 27 heavy (non-hydrogen) atoms. The van der Waals surface area contributed by atoms with Crippen molar-refractivity contribution in [3.05, 3.63) is 0 Å². The van der Waals surface area contributed by atoms with Crippen molar-refractivity contribution in [2.24, 2.45) is 0 Å². The van der Waals surface area contributed by atoms with Crippen LogP contribution in [0.3, 0.4) is 0 Å². The number of rotatable bonds is 4. The molecule has 1 saturated heterocycles. The molecule has 3 rings (SSSR count). The number of nitrogens with zero attached hydrogens (tertiary/aromatic N) is 2. The number of carbonyl (C=O) groups excluding carboxylic acids is 2. The van der Waals surface area contributed by atoms with Gasteiger partial charge in [0, 0.05) is 58.3 Å². The second-order valence-corrected chi connectivity index (χ2v) is 12.6. The fourth-order valence-electron chi connectivity index (χ4n) is 3.93. The minimum atomic E-state index is 0.184. The van der Waals surface area contributed by atoms with Crippen LogP contribution in [-0.2, 0) is 0 Å². The normalized spacial score (nSPS) is 23.3. The molecule has 2 aliphatic carbocycles. The van der Waals surface area contributed by atoms with Gasteiger partial charge >= 0.3 is 0 Å². The van der Waals surface area contributed by atoms with Crippen LogP contribution < -0.4 is 0 Å². The van der Waals surface area contributed by atoms with Gasteiger partial charge in [0.05, 0.1) is 0 Å². The minimum absolute atomic E-state index is 0.184. The lowest BCUT2D eigenvalue weighted by molar-refractivity contribution is 0.217. The first-order chi connectivity index (χ1) is 13.2. The second kappa shape index (κ2) is 12.1. The summed E-state index contributed by atoms with van der Waals surface area (Å²) in [6.45, 7) is 2.91. The summed E-state index contributed by atoms with van der Waals surface area (Å²) in [5.74, 6) is 0. The van der Waals surface area contributed by atoms with E-state index in [9.17, 15) is 9.59 Å². The second-order valence-electron chi connectivity index (χ2n) is 7.74. The van der Waals surface area contributed by atoms with Crippen LogP contribution in [-0.4, -0.2) is 57.0 Å². The highest BCUT2D eigenvalue weighted by Gasteiger charge is 2.25. The van der Waals surface area contributed by atoms with E-state index in [-0.39, 0.29) is 10.5 Å². The van der Waals surface area contributed by atoms with Crippen LogP contribution in [0.1, 0.15) is 70.6 Å². The molecule has 2 amide bonds. The average molecular weight is 449 g/mol. The van der Waals surface area contributed by atoms with Crippen molar-refractivity contribution in [1.29, 1.82) is 0 Å². The Hall–Kier alpha value is 0.340. The molecule has 0 bridgehead atoms. The van der Waals surface area contributed by atoms with E-state index in [2.05, 4.69) is 0 Å². The predicted molar refractivity (Wildman–Crippen MR) is 123 cm³/mol. The summed E-state index contributed by atoms with van der Waals surface area (Å²) < 4.78 is 0. The Labute approximate surface area is 179 Å². The smallest absolute Gasteiger partial charge is 0.292 e. The lowest BCUT2D eigenvalue weighted by atomic mass is 10.0. The first-order valence-electron chi connectivity index (χ1n) is 10.5. The molecule has 0 aromatic rings. The van der Waals surface area contributed by atoms with Gasteiger partial charge in [0.25, 0.3) is 10.5 Å². The van der Waals surface area contributed by atoms with Gasteiger partial charge in [0.1, 0.15) is 0 Å². The molecule has 0 N–H and O–H groups in total. The Bertz CT molecular complexity index is 440. The molecule has 1 aliphatic heterocycles. The summed E-state index contributed by atoms with van der Waals surface area (Å²) in [6.07, 6.45) is 13.8. The summed E-state index contributed by atoms with van der Waals surface area (Å²) >= 11 is 0. The molecule has 1 heterocycles. The highest BCUT2D eigenvalue weighted by atomic mass is 33.1. The van der Waals surface area contributed by atoms with Crippen molar-refractivity contribution in [3.63, 3.8) is 0 Å². The van der Waals surface area contributed by atoms with Crippen molar-refractivity contribution in [3.8, 4) is 0 Å². The van der Waals surface area contributed by atoms with Gasteiger partial charge in [-0.1, -0.05) is 60.1 Å². The minimum Gasteiger partial charge on any atom is -0.331 e. The van der Waals surface area contributed by atoms with E-state index in [1.807, 2.05) is 9.80 Å². The Morgan fingerprint density at radius 2 is 0.963 bits per heavy atom.